The van der Waals surface area contributed by atoms with Crippen LogP contribution in [0.15, 0.2) is 285 Å². The fourth-order valence-corrected chi connectivity index (χ4v) is 12.5. The molecule has 13 aromatic rings. The summed E-state index contributed by atoms with van der Waals surface area (Å²) in [5.74, 6) is 0. The molecular formula is C76H56BN3. The Morgan fingerprint density at radius 3 is 1.16 bits per heavy atom. The van der Waals surface area contributed by atoms with Gasteiger partial charge in [0.2, 0.25) is 0 Å². The maximum atomic E-state index is 9.63. The zero-order valence-electron chi connectivity index (χ0n) is 52.4. The second-order valence-corrected chi connectivity index (χ2v) is 21.8. The third kappa shape index (κ3) is 7.66. The van der Waals surface area contributed by atoms with Gasteiger partial charge in [0, 0.05) is 61.5 Å². The minimum atomic E-state index is -0.490. The molecule has 0 fully saturated rings. The maximum absolute atomic E-state index is 9.63. The van der Waals surface area contributed by atoms with Gasteiger partial charge in [0.1, 0.15) is 0 Å². The van der Waals surface area contributed by atoms with Crippen LogP contribution in [0.3, 0.4) is 0 Å². The molecule has 0 radical (unpaired) electrons. The summed E-state index contributed by atoms with van der Waals surface area (Å²) < 4.78 is 75.6. The molecule has 15 rings (SSSR count). The van der Waals surface area contributed by atoms with Crippen molar-refractivity contribution in [2.45, 2.75) is 26.2 Å². The molecule has 4 heteroatoms. The van der Waals surface area contributed by atoms with Crippen molar-refractivity contribution in [2.24, 2.45) is 0 Å². The molecule has 378 valence electrons. The lowest BCUT2D eigenvalue weighted by molar-refractivity contribution is 0.590. The molecule has 0 aliphatic carbocycles. The molecule has 0 amide bonds. The number of hydrogen-bond donors (Lipinski definition) is 0. The van der Waals surface area contributed by atoms with Gasteiger partial charge in [0.25, 0.3) is 6.71 Å². The maximum Gasteiger partial charge on any atom is 0.252 e. The topological polar surface area (TPSA) is 11.4 Å². The quantitative estimate of drug-likeness (QED) is 0.141. The third-order valence-corrected chi connectivity index (χ3v) is 16.2. The summed E-state index contributed by atoms with van der Waals surface area (Å²) in [7, 11) is 0. The molecule has 3 heterocycles. The molecule has 0 bridgehead atoms. The van der Waals surface area contributed by atoms with Crippen LogP contribution in [0, 0.1) is 0 Å². The van der Waals surface area contributed by atoms with Crippen molar-refractivity contribution in [3.8, 4) is 61.3 Å². The summed E-state index contributed by atoms with van der Waals surface area (Å²) >= 11 is 0. The summed E-state index contributed by atoms with van der Waals surface area (Å²) in [6, 6.07) is 80.3. The van der Waals surface area contributed by atoms with E-state index in [4.69, 9.17) is 5.48 Å². The third-order valence-electron chi connectivity index (χ3n) is 16.2. The summed E-state index contributed by atoms with van der Waals surface area (Å²) in [4.78, 5) is 4.95. The Kier molecular flexibility index (Phi) is 9.34. The van der Waals surface area contributed by atoms with E-state index in [0.717, 1.165) is 112 Å². The number of rotatable bonds is 8. The van der Waals surface area contributed by atoms with Crippen LogP contribution in [-0.4, -0.2) is 11.3 Å². The number of benzene rings is 12. The predicted molar refractivity (Wildman–Crippen MR) is 341 cm³/mol. The first kappa shape index (κ1) is 39.5. The predicted octanol–water partition coefficient (Wildman–Crippen LogP) is 18.5. The van der Waals surface area contributed by atoms with E-state index >= 15 is 0 Å². The summed E-state index contributed by atoms with van der Waals surface area (Å²) in [5, 5.41) is 0.0451. The number of nitrogens with zero attached hydrogens (tertiary/aromatic N) is 3. The molecule has 0 N–H and O–H groups in total. The second kappa shape index (κ2) is 18.9. The van der Waals surface area contributed by atoms with Gasteiger partial charge in [0.05, 0.1) is 33.4 Å². The van der Waals surface area contributed by atoms with Crippen molar-refractivity contribution in [1.29, 1.82) is 0 Å². The van der Waals surface area contributed by atoms with E-state index in [9.17, 15) is 5.48 Å². The highest BCUT2D eigenvalue weighted by atomic mass is 15.2. The van der Waals surface area contributed by atoms with Crippen LogP contribution < -0.4 is 26.2 Å². The highest BCUT2D eigenvalue weighted by Crippen LogP contribution is 2.54. The van der Waals surface area contributed by atoms with Crippen LogP contribution >= 0.6 is 0 Å². The molecule has 0 unspecified atom stereocenters. The van der Waals surface area contributed by atoms with Crippen LogP contribution in [0.25, 0.3) is 83.1 Å². The van der Waals surface area contributed by atoms with Crippen LogP contribution in [0.1, 0.15) is 37.3 Å². The summed E-state index contributed by atoms with van der Waals surface area (Å²) in [6.07, 6.45) is 0. The minimum Gasteiger partial charge on any atom is -0.310 e. The monoisotopic (exact) mass is 1030 g/mol. The SMILES string of the molecule is [2H]c1c([2H])c([2H])c2c(c1[2H])c1c([2H])c([2H])c([2H])c([2H])c1n2-c1ccc2c(c1)N(c1c(-c3ccccc3)cccc1-c1ccccc1)c1cc(C(C)(C)C)cc3c1B2c1ccc(-c2ccccc2)cc1N3c1c(-c2ccccc2)cccc1-c1ccccc1. The van der Waals surface area contributed by atoms with Crippen molar-refractivity contribution in [3.63, 3.8) is 0 Å². The number of aromatic nitrogens is 1. The van der Waals surface area contributed by atoms with Crippen molar-refractivity contribution in [1.82, 2.24) is 4.57 Å². The molecule has 2 aliphatic rings. The van der Waals surface area contributed by atoms with Gasteiger partial charge >= 0.3 is 0 Å². The van der Waals surface area contributed by atoms with E-state index in [1.54, 1.807) is 4.57 Å². The van der Waals surface area contributed by atoms with Crippen LogP contribution in [0.2, 0.25) is 0 Å². The first-order chi connectivity index (χ1) is 42.7. The lowest BCUT2D eigenvalue weighted by Crippen LogP contribution is -2.61. The molecule has 12 aromatic carbocycles. The lowest BCUT2D eigenvalue weighted by atomic mass is 9.33. The van der Waals surface area contributed by atoms with E-state index in [2.05, 4.69) is 243 Å². The van der Waals surface area contributed by atoms with E-state index in [-0.39, 0.29) is 46.0 Å². The smallest absolute Gasteiger partial charge is 0.252 e. The Labute approximate surface area is 480 Å². The number of para-hydroxylation sites is 4. The summed E-state index contributed by atoms with van der Waals surface area (Å²) in [6.45, 7) is 6.38. The van der Waals surface area contributed by atoms with Crippen LogP contribution in [0.4, 0.5) is 34.1 Å². The number of fused-ring (bicyclic) bond motifs is 7. The molecule has 0 saturated heterocycles. The van der Waals surface area contributed by atoms with E-state index in [0.29, 0.717) is 5.69 Å². The Hall–Kier alpha value is -9.90. The standard InChI is InChI=1S/C76H56BN3/c1-76(2,3)57-48-71-73-72(49-57)80(75-61(54-31-15-7-16-32-54)39-24-40-62(75)55-33-17-8-18-34-55)70-50-58(78-67-41-21-19-35-63(67)64-36-20-22-42-68(64)78)44-46-66(70)77(73)65-45-43-56(51-25-9-4-10-26-51)47-69(65)79(71)74-59(52-27-11-5-12-28-52)37-23-38-60(74)53-29-13-6-14-30-53/h4-50H,1-3H3/i19D,20D,21D,22D,35D,36D,41D,42D. The Morgan fingerprint density at radius 2 is 0.738 bits per heavy atom. The van der Waals surface area contributed by atoms with E-state index < -0.39 is 36.3 Å². The normalized spacial score (nSPS) is 14.0. The van der Waals surface area contributed by atoms with Crippen molar-refractivity contribution in [3.05, 3.63) is 290 Å². The van der Waals surface area contributed by atoms with Gasteiger partial charge < -0.3 is 14.4 Å². The molecule has 0 saturated carbocycles. The number of anilines is 6. The highest BCUT2D eigenvalue weighted by Gasteiger charge is 2.46. The number of hydrogen-bond acceptors (Lipinski definition) is 2. The zero-order valence-corrected chi connectivity index (χ0v) is 44.4. The first-order valence-corrected chi connectivity index (χ1v) is 27.3. The van der Waals surface area contributed by atoms with Crippen molar-refractivity contribution < 1.29 is 11.0 Å². The van der Waals surface area contributed by atoms with Gasteiger partial charge in [-0.1, -0.05) is 263 Å². The average molecular weight is 1030 g/mol. The van der Waals surface area contributed by atoms with Gasteiger partial charge in [-0.25, -0.2) is 0 Å². The first-order valence-electron chi connectivity index (χ1n) is 31.3. The molecular weight excluding hydrogens is 966 g/mol. The fourth-order valence-electron chi connectivity index (χ4n) is 12.5. The summed E-state index contributed by atoms with van der Waals surface area (Å²) in [5.41, 5.74) is 20.3. The van der Waals surface area contributed by atoms with E-state index in [1.807, 2.05) is 24.3 Å². The van der Waals surface area contributed by atoms with E-state index in [1.165, 1.54) is 0 Å². The Bertz CT molecular complexity index is 4800. The largest absolute Gasteiger partial charge is 0.310 e. The fraction of sp³-hybridized carbons (Fsp3) is 0.0526. The second-order valence-electron chi connectivity index (χ2n) is 21.8. The van der Waals surface area contributed by atoms with Crippen molar-refractivity contribution >= 4 is 79.0 Å². The van der Waals surface area contributed by atoms with Gasteiger partial charge in [0.15, 0.2) is 0 Å². The minimum absolute atomic E-state index is 0.0225. The lowest BCUT2D eigenvalue weighted by Gasteiger charge is -2.46. The molecule has 0 spiro atoms. The highest BCUT2D eigenvalue weighted by molar-refractivity contribution is 7.00. The Balaban J connectivity index is 1.14. The molecule has 1 aromatic heterocycles. The van der Waals surface area contributed by atoms with Crippen molar-refractivity contribution in [2.75, 3.05) is 9.80 Å². The molecule has 2 aliphatic heterocycles. The van der Waals surface area contributed by atoms with Gasteiger partial charge in [-0.3, -0.25) is 0 Å². The average Bonchev–Trinajstić information content (AvgIpc) is 0.992. The molecule has 3 nitrogen and oxygen atoms in total. The van der Waals surface area contributed by atoms with Gasteiger partial charge in [-0.05, 0) is 103 Å². The van der Waals surface area contributed by atoms with Gasteiger partial charge in [-0.2, -0.15) is 0 Å². The van der Waals surface area contributed by atoms with Gasteiger partial charge in [-0.15, -0.1) is 0 Å². The molecule has 80 heavy (non-hydrogen) atoms. The zero-order chi connectivity index (χ0) is 60.4. The molecule has 0 atom stereocenters. The Morgan fingerprint density at radius 1 is 0.350 bits per heavy atom. The van der Waals surface area contributed by atoms with Crippen LogP contribution in [-0.2, 0) is 5.41 Å². The van der Waals surface area contributed by atoms with Crippen LogP contribution in [0.5, 0.6) is 0 Å².